The van der Waals surface area contributed by atoms with Crippen molar-refractivity contribution in [3.63, 3.8) is 0 Å². The first kappa shape index (κ1) is 28.0. The van der Waals surface area contributed by atoms with Gasteiger partial charge in [0, 0.05) is 18.7 Å². The standard InChI is InChI=1S/C29H31FN6O5/c1-18-6-12-24(39-3)23(15-18)36(26(37)17-35-33-28(32-34-35)20-8-10-21(30)11-9-20)27(25-13-7-19(2)41-25)29(38)31-16-22-5-4-14-40-22/h6-13,15,22,27H,4-5,14,16-17H2,1-3H3,(H,31,38)/t22-,27+/m1/s1. The van der Waals surface area contributed by atoms with Crippen molar-refractivity contribution in [2.75, 3.05) is 25.2 Å². The van der Waals surface area contributed by atoms with E-state index in [0.29, 0.717) is 35.9 Å². The number of aromatic nitrogens is 4. The number of anilines is 1. The second kappa shape index (κ2) is 12.3. The molecule has 11 nitrogen and oxygen atoms in total. The van der Waals surface area contributed by atoms with Crippen LogP contribution in [0.4, 0.5) is 10.1 Å². The molecular weight excluding hydrogens is 531 g/mol. The topological polar surface area (TPSA) is 125 Å². The van der Waals surface area contributed by atoms with Crippen molar-refractivity contribution in [3.05, 3.63) is 77.5 Å². The van der Waals surface area contributed by atoms with Crippen molar-refractivity contribution in [1.82, 2.24) is 25.5 Å². The summed E-state index contributed by atoms with van der Waals surface area (Å²) in [6, 6.07) is 13.2. The molecule has 1 fully saturated rings. The maximum Gasteiger partial charge on any atom is 0.251 e. The molecule has 0 radical (unpaired) electrons. The number of hydrogen-bond donors (Lipinski definition) is 1. The van der Waals surface area contributed by atoms with Crippen LogP contribution in [0.5, 0.6) is 5.75 Å². The number of aryl methyl sites for hydroxylation is 2. The fraction of sp³-hybridized carbons (Fsp3) is 0.345. The molecule has 3 heterocycles. The van der Waals surface area contributed by atoms with Crippen molar-refractivity contribution < 1.29 is 27.9 Å². The van der Waals surface area contributed by atoms with Crippen molar-refractivity contribution in [3.8, 4) is 17.1 Å². The third kappa shape index (κ3) is 6.43. The Morgan fingerprint density at radius 3 is 2.66 bits per heavy atom. The number of benzene rings is 2. The van der Waals surface area contributed by atoms with Gasteiger partial charge in [0.2, 0.25) is 5.82 Å². The van der Waals surface area contributed by atoms with Crippen LogP contribution in [-0.2, 0) is 20.9 Å². The summed E-state index contributed by atoms with van der Waals surface area (Å²) >= 11 is 0. The summed E-state index contributed by atoms with van der Waals surface area (Å²) in [5.74, 6) is 0.141. The largest absolute Gasteiger partial charge is 0.495 e. The number of nitrogens with zero attached hydrogens (tertiary/aromatic N) is 5. The summed E-state index contributed by atoms with van der Waals surface area (Å²) in [7, 11) is 1.49. The van der Waals surface area contributed by atoms with Gasteiger partial charge in [-0.25, -0.2) is 4.39 Å². The first-order valence-corrected chi connectivity index (χ1v) is 13.3. The van der Waals surface area contributed by atoms with E-state index in [-0.39, 0.29) is 24.2 Å². The molecule has 0 aliphatic carbocycles. The van der Waals surface area contributed by atoms with E-state index in [0.717, 1.165) is 23.2 Å². The van der Waals surface area contributed by atoms with Crippen molar-refractivity contribution in [2.45, 2.75) is 45.4 Å². The zero-order chi connectivity index (χ0) is 28.9. The van der Waals surface area contributed by atoms with Crippen LogP contribution in [0, 0.1) is 19.7 Å². The van der Waals surface area contributed by atoms with Crippen LogP contribution in [0.3, 0.4) is 0 Å². The van der Waals surface area contributed by atoms with Crippen LogP contribution < -0.4 is 15.0 Å². The van der Waals surface area contributed by atoms with Crippen LogP contribution in [0.25, 0.3) is 11.4 Å². The maximum atomic E-state index is 14.1. The highest BCUT2D eigenvalue weighted by atomic mass is 19.1. The first-order valence-electron chi connectivity index (χ1n) is 13.3. The number of tetrazole rings is 1. The van der Waals surface area contributed by atoms with E-state index in [1.165, 1.54) is 36.3 Å². The Balaban J connectivity index is 1.51. The predicted molar refractivity (Wildman–Crippen MR) is 147 cm³/mol. The van der Waals surface area contributed by atoms with Gasteiger partial charge in [-0.1, -0.05) is 6.07 Å². The van der Waals surface area contributed by atoms with Crippen molar-refractivity contribution >= 4 is 17.5 Å². The summed E-state index contributed by atoms with van der Waals surface area (Å²) < 4.78 is 30.6. The molecule has 0 unspecified atom stereocenters. The van der Waals surface area contributed by atoms with Crippen LogP contribution in [0.2, 0.25) is 0 Å². The SMILES string of the molecule is COc1ccc(C)cc1N(C(=O)Cn1nnc(-c2ccc(F)cc2)n1)[C@H](C(=O)NC[C@H]1CCCO1)c1ccc(C)o1. The number of hydrogen-bond acceptors (Lipinski definition) is 8. The monoisotopic (exact) mass is 562 g/mol. The van der Waals surface area contributed by atoms with E-state index < -0.39 is 23.7 Å². The molecule has 214 valence electrons. The number of halogens is 1. The Kier molecular flexibility index (Phi) is 8.39. The normalized spacial score (nSPS) is 15.5. The van der Waals surface area contributed by atoms with Crippen LogP contribution in [0.15, 0.2) is 59.0 Å². The predicted octanol–water partition coefficient (Wildman–Crippen LogP) is 3.77. The van der Waals surface area contributed by atoms with Gasteiger partial charge in [-0.3, -0.25) is 14.5 Å². The molecule has 1 aliphatic rings. The highest BCUT2D eigenvalue weighted by molar-refractivity contribution is 6.02. The van der Waals surface area contributed by atoms with Crippen molar-refractivity contribution in [2.24, 2.45) is 0 Å². The molecule has 5 rings (SSSR count). The smallest absolute Gasteiger partial charge is 0.251 e. The minimum Gasteiger partial charge on any atom is -0.495 e. The third-order valence-corrected chi connectivity index (χ3v) is 6.76. The molecule has 2 amide bonds. The molecular formula is C29H31FN6O5. The van der Waals surface area contributed by atoms with E-state index in [1.807, 2.05) is 13.0 Å². The lowest BCUT2D eigenvalue weighted by Gasteiger charge is -2.31. The summed E-state index contributed by atoms with van der Waals surface area (Å²) in [5.41, 5.74) is 1.77. The highest BCUT2D eigenvalue weighted by Gasteiger charge is 2.37. The van der Waals surface area contributed by atoms with Gasteiger partial charge >= 0.3 is 0 Å². The fourth-order valence-electron chi connectivity index (χ4n) is 4.72. The van der Waals surface area contributed by atoms with E-state index >= 15 is 0 Å². The lowest BCUT2D eigenvalue weighted by atomic mass is 10.1. The van der Waals surface area contributed by atoms with Gasteiger partial charge < -0.3 is 19.2 Å². The quantitative estimate of drug-likeness (QED) is 0.310. The molecule has 41 heavy (non-hydrogen) atoms. The first-order chi connectivity index (χ1) is 19.8. The second-order valence-electron chi connectivity index (χ2n) is 9.82. The molecule has 1 N–H and O–H groups in total. The molecule has 4 aromatic rings. The van der Waals surface area contributed by atoms with Gasteiger partial charge in [0.1, 0.15) is 29.6 Å². The number of rotatable bonds is 10. The highest BCUT2D eigenvalue weighted by Crippen LogP contribution is 2.36. The molecule has 12 heteroatoms. The number of carbonyl (C=O) groups excluding carboxylic acids is 2. The van der Waals surface area contributed by atoms with Gasteiger partial charge in [0.15, 0.2) is 6.04 Å². The number of carbonyl (C=O) groups is 2. The lowest BCUT2D eigenvalue weighted by molar-refractivity contribution is -0.127. The van der Waals surface area contributed by atoms with Gasteiger partial charge in [-0.15, -0.1) is 10.2 Å². The molecule has 2 atom stereocenters. The van der Waals surface area contributed by atoms with Crippen molar-refractivity contribution in [1.29, 1.82) is 0 Å². The maximum absolute atomic E-state index is 14.1. The van der Waals surface area contributed by atoms with Gasteiger partial charge in [-0.05, 0) is 86.0 Å². The number of amides is 2. The molecule has 1 saturated heterocycles. The number of methoxy groups -OCH3 is 1. The number of nitrogens with one attached hydrogen (secondary N) is 1. The average molecular weight is 563 g/mol. The molecule has 0 spiro atoms. The van der Waals surface area contributed by atoms with Crippen LogP contribution in [0.1, 0.15) is 36.0 Å². The van der Waals surface area contributed by atoms with Crippen LogP contribution in [-0.4, -0.2) is 58.4 Å². The minimum atomic E-state index is -1.17. The Morgan fingerprint density at radius 1 is 1.17 bits per heavy atom. The number of furan rings is 1. The molecule has 2 aromatic carbocycles. The Morgan fingerprint density at radius 2 is 1.98 bits per heavy atom. The summed E-state index contributed by atoms with van der Waals surface area (Å²) in [6.07, 6.45) is 1.67. The van der Waals surface area contributed by atoms with Gasteiger partial charge in [0.05, 0.1) is 18.9 Å². The Hall–Kier alpha value is -4.58. The molecule has 0 bridgehead atoms. The minimum absolute atomic E-state index is 0.0974. The van der Waals surface area contributed by atoms with E-state index in [2.05, 4.69) is 20.7 Å². The zero-order valence-corrected chi connectivity index (χ0v) is 23.0. The zero-order valence-electron chi connectivity index (χ0n) is 23.0. The van der Waals surface area contributed by atoms with E-state index in [4.69, 9.17) is 13.9 Å². The summed E-state index contributed by atoms with van der Waals surface area (Å²) in [6.45, 7) is 4.25. The lowest BCUT2D eigenvalue weighted by Crippen LogP contribution is -2.46. The summed E-state index contributed by atoms with van der Waals surface area (Å²) in [4.78, 5) is 30.4. The van der Waals surface area contributed by atoms with Gasteiger partial charge in [0.25, 0.3) is 11.8 Å². The van der Waals surface area contributed by atoms with Gasteiger partial charge in [-0.2, -0.15) is 4.80 Å². The summed E-state index contributed by atoms with van der Waals surface area (Å²) in [5, 5.41) is 15.3. The van der Waals surface area contributed by atoms with E-state index in [1.54, 1.807) is 31.2 Å². The molecule has 2 aromatic heterocycles. The fourth-order valence-corrected chi connectivity index (χ4v) is 4.72. The number of ether oxygens (including phenoxy) is 2. The van der Waals surface area contributed by atoms with Crippen LogP contribution >= 0.6 is 0 Å². The second-order valence-corrected chi connectivity index (χ2v) is 9.82. The Labute approximate surface area is 236 Å². The van der Waals surface area contributed by atoms with E-state index in [9.17, 15) is 14.0 Å². The third-order valence-electron chi connectivity index (χ3n) is 6.76. The molecule has 1 aliphatic heterocycles. The average Bonchev–Trinajstić information content (AvgIpc) is 3.74. The Bertz CT molecular complexity index is 1510. The molecule has 0 saturated carbocycles.